The smallest absolute Gasteiger partial charge is 0.265 e. The largest absolute Gasteiger partial charge is 0.497 e. The number of thiophene rings is 1. The van der Waals surface area contributed by atoms with Crippen LogP contribution in [-0.2, 0) is 10.0 Å². The van der Waals surface area contributed by atoms with Crippen molar-refractivity contribution in [1.29, 1.82) is 0 Å². The quantitative estimate of drug-likeness (QED) is 0.526. The lowest BCUT2D eigenvalue weighted by atomic mass is 10.2. The van der Waals surface area contributed by atoms with Gasteiger partial charge in [-0.3, -0.25) is 9.52 Å². The Morgan fingerprint density at radius 2 is 1.71 bits per heavy atom. The van der Waals surface area contributed by atoms with Crippen molar-refractivity contribution in [3.05, 3.63) is 68.8 Å². The lowest BCUT2D eigenvalue weighted by Crippen LogP contribution is -2.16. The van der Waals surface area contributed by atoms with E-state index in [0.717, 1.165) is 3.79 Å². The van der Waals surface area contributed by atoms with E-state index in [2.05, 4.69) is 26.0 Å². The van der Waals surface area contributed by atoms with Crippen molar-refractivity contribution >= 4 is 54.6 Å². The number of carbonyl (C=O) groups is 1. The number of carbonyl (C=O) groups excluding carboxylic acids is 1. The van der Waals surface area contributed by atoms with E-state index in [-0.39, 0.29) is 10.8 Å². The fourth-order valence-electron chi connectivity index (χ4n) is 2.47. The number of nitrogens with one attached hydrogen (secondary N) is 2. The highest BCUT2D eigenvalue weighted by Crippen LogP contribution is 2.26. The summed E-state index contributed by atoms with van der Waals surface area (Å²) in [7, 11) is -2.29. The van der Waals surface area contributed by atoms with Gasteiger partial charge in [-0.2, -0.15) is 0 Å². The van der Waals surface area contributed by atoms with Gasteiger partial charge >= 0.3 is 0 Å². The maximum absolute atomic E-state index is 12.8. The van der Waals surface area contributed by atoms with Crippen LogP contribution in [0.4, 0.5) is 11.4 Å². The van der Waals surface area contributed by atoms with Crippen molar-refractivity contribution in [2.45, 2.75) is 11.8 Å². The monoisotopic (exact) mass is 480 g/mol. The van der Waals surface area contributed by atoms with Crippen LogP contribution in [0.1, 0.15) is 15.2 Å². The molecule has 1 aromatic heterocycles. The van der Waals surface area contributed by atoms with E-state index < -0.39 is 10.0 Å². The molecule has 0 bridgehead atoms. The van der Waals surface area contributed by atoms with E-state index in [9.17, 15) is 13.2 Å². The lowest BCUT2D eigenvalue weighted by Gasteiger charge is -2.13. The van der Waals surface area contributed by atoms with E-state index in [1.54, 1.807) is 55.5 Å². The minimum Gasteiger partial charge on any atom is -0.497 e. The van der Waals surface area contributed by atoms with Crippen molar-refractivity contribution in [2.24, 2.45) is 0 Å². The summed E-state index contributed by atoms with van der Waals surface area (Å²) in [6.45, 7) is 1.70. The Kier molecular flexibility index (Phi) is 6.07. The molecule has 0 saturated heterocycles. The molecule has 3 rings (SSSR count). The van der Waals surface area contributed by atoms with Gasteiger partial charge in [0.1, 0.15) is 5.75 Å². The van der Waals surface area contributed by atoms with Gasteiger partial charge in [-0.05, 0) is 76.9 Å². The topological polar surface area (TPSA) is 84.5 Å². The number of methoxy groups -OCH3 is 1. The van der Waals surface area contributed by atoms with Gasteiger partial charge in [-0.15, -0.1) is 11.3 Å². The maximum atomic E-state index is 12.8. The first-order valence-corrected chi connectivity index (χ1v) is 11.2. The lowest BCUT2D eigenvalue weighted by molar-refractivity contribution is 0.103. The first-order valence-electron chi connectivity index (χ1n) is 8.13. The van der Waals surface area contributed by atoms with Crippen LogP contribution in [0.3, 0.4) is 0 Å². The molecule has 1 heterocycles. The molecule has 6 nitrogen and oxygen atoms in total. The summed E-state index contributed by atoms with van der Waals surface area (Å²) in [5, 5.41) is 2.73. The van der Waals surface area contributed by atoms with E-state index in [1.807, 2.05) is 0 Å². The molecule has 2 aromatic carbocycles. The molecule has 0 unspecified atom stereocenters. The zero-order valence-corrected chi connectivity index (χ0v) is 18.2. The number of aryl methyl sites for hydroxylation is 1. The molecular weight excluding hydrogens is 464 g/mol. The molecule has 0 saturated carbocycles. The number of sulfonamides is 1. The predicted molar refractivity (Wildman–Crippen MR) is 115 cm³/mol. The van der Waals surface area contributed by atoms with Crippen LogP contribution in [-0.4, -0.2) is 21.4 Å². The van der Waals surface area contributed by atoms with Crippen LogP contribution in [0.25, 0.3) is 0 Å². The molecule has 0 atom stereocenters. The first kappa shape index (κ1) is 20.4. The van der Waals surface area contributed by atoms with Gasteiger partial charge in [0.2, 0.25) is 0 Å². The number of benzene rings is 2. The summed E-state index contributed by atoms with van der Waals surface area (Å²) in [6.07, 6.45) is 0. The molecule has 1 amide bonds. The second kappa shape index (κ2) is 8.34. The van der Waals surface area contributed by atoms with Crippen LogP contribution in [0.5, 0.6) is 5.75 Å². The molecular formula is C19H17BrN2O4S2. The average Bonchev–Trinajstić information content (AvgIpc) is 3.10. The van der Waals surface area contributed by atoms with Gasteiger partial charge < -0.3 is 10.1 Å². The third-order valence-corrected chi connectivity index (χ3v) is 7.02. The molecule has 0 aliphatic carbocycles. The Hall–Kier alpha value is -2.36. The number of anilines is 2. The fourth-order valence-corrected chi connectivity index (χ4v) is 5.08. The van der Waals surface area contributed by atoms with E-state index in [1.165, 1.54) is 24.5 Å². The van der Waals surface area contributed by atoms with Crippen LogP contribution >= 0.6 is 27.3 Å². The van der Waals surface area contributed by atoms with Gasteiger partial charge in [0.25, 0.3) is 15.9 Å². The Morgan fingerprint density at radius 1 is 1.04 bits per heavy atom. The van der Waals surface area contributed by atoms with Gasteiger partial charge in [-0.25, -0.2) is 8.42 Å². The van der Waals surface area contributed by atoms with Gasteiger partial charge in [0.15, 0.2) is 0 Å². The Labute approximate surface area is 175 Å². The summed E-state index contributed by atoms with van der Waals surface area (Å²) in [5.74, 6) is 0.329. The minimum atomic E-state index is -3.83. The highest BCUT2D eigenvalue weighted by molar-refractivity contribution is 9.11. The molecule has 0 spiro atoms. The third kappa shape index (κ3) is 4.73. The molecule has 9 heteroatoms. The van der Waals surface area contributed by atoms with Crippen molar-refractivity contribution < 1.29 is 17.9 Å². The number of amides is 1. The number of halogens is 1. The third-order valence-electron chi connectivity index (χ3n) is 3.87. The molecule has 3 aromatic rings. The standard InChI is InChI=1S/C19H17BrN2O4S2/c1-12-3-4-14(21-19(23)16-9-10-18(20)27-16)11-17(12)28(24,25)22-13-5-7-15(26-2)8-6-13/h3-11,22H,1-2H3,(H,21,23). The summed E-state index contributed by atoms with van der Waals surface area (Å²) in [5.41, 5.74) is 1.38. The molecule has 28 heavy (non-hydrogen) atoms. The maximum Gasteiger partial charge on any atom is 0.265 e. The SMILES string of the molecule is COc1ccc(NS(=O)(=O)c2cc(NC(=O)c3ccc(Br)s3)ccc2C)cc1. The van der Waals surface area contributed by atoms with Gasteiger partial charge in [-0.1, -0.05) is 6.07 Å². The molecule has 0 fully saturated rings. The predicted octanol–water partition coefficient (Wildman–Crippen LogP) is 4.88. The number of rotatable bonds is 6. The fraction of sp³-hybridized carbons (Fsp3) is 0.105. The minimum absolute atomic E-state index is 0.0912. The van der Waals surface area contributed by atoms with Crippen molar-refractivity contribution in [2.75, 3.05) is 17.1 Å². The zero-order chi connectivity index (χ0) is 20.3. The molecule has 0 aliphatic rings. The van der Waals surface area contributed by atoms with Crippen molar-refractivity contribution in [3.8, 4) is 5.75 Å². The summed E-state index contributed by atoms with van der Waals surface area (Å²) in [4.78, 5) is 12.9. The van der Waals surface area contributed by atoms with Crippen molar-refractivity contribution in [1.82, 2.24) is 0 Å². The van der Waals surface area contributed by atoms with E-state index in [4.69, 9.17) is 4.74 Å². The van der Waals surface area contributed by atoms with Gasteiger partial charge in [0, 0.05) is 11.4 Å². The molecule has 0 radical (unpaired) electrons. The number of ether oxygens (including phenoxy) is 1. The average molecular weight is 481 g/mol. The van der Waals surface area contributed by atoms with Crippen LogP contribution in [0.2, 0.25) is 0 Å². The number of hydrogen-bond donors (Lipinski definition) is 2. The molecule has 146 valence electrons. The van der Waals surface area contributed by atoms with Crippen LogP contribution < -0.4 is 14.8 Å². The van der Waals surface area contributed by atoms with Crippen molar-refractivity contribution in [3.63, 3.8) is 0 Å². The summed E-state index contributed by atoms with van der Waals surface area (Å²) < 4.78 is 34.1. The highest BCUT2D eigenvalue weighted by atomic mass is 79.9. The van der Waals surface area contributed by atoms with Crippen LogP contribution in [0, 0.1) is 6.92 Å². The van der Waals surface area contributed by atoms with Gasteiger partial charge in [0.05, 0.1) is 20.7 Å². The Bertz CT molecular complexity index is 1110. The Balaban J connectivity index is 1.84. The first-order chi connectivity index (χ1) is 13.3. The van der Waals surface area contributed by atoms with E-state index >= 15 is 0 Å². The second-order valence-corrected chi connectivity index (χ2v) is 9.99. The molecule has 2 N–H and O–H groups in total. The summed E-state index contributed by atoms with van der Waals surface area (Å²) >= 11 is 4.61. The highest BCUT2D eigenvalue weighted by Gasteiger charge is 2.19. The number of hydrogen-bond acceptors (Lipinski definition) is 5. The summed E-state index contributed by atoms with van der Waals surface area (Å²) in [6, 6.07) is 14.8. The normalized spacial score (nSPS) is 11.1. The second-order valence-electron chi connectivity index (χ2n) is 5.87. The molecule has 0 aliphatic heterocycles. The Morgan fingerprint density at radius 3 is 2.32 bits per heavy atom. The van der Waals surface area contributed by atoms with E-state index in [0.29, 0.717) is 27.6 Å². The van der Waals surface area contributed by atoms with Crippen LogP contribution in [0.15, 0.2) is 63.3 Å². The zero-order valence-electron chi connectivity index (χ0n) is 15.0.